The van der Waals surface area contributed by atoms with E-state index in [9.17, 15) is 9.59 Å². The highest BCUT2D eigenvalue weighted by atomic mass is 32.1. The monoisotopic (exact) mass is 145 g/mol. The van der Waals surface area contributed by atoms with Gasteiger partial charge in [-0.3, -0.25) is 14.9 Å². The Labute approximate surface area is 58.5 Å². The first-order valence-corrected chi connectivity index (χ1v) is 2.75. The summed E-state index contributed by atoms with van der Waals surface area (Å²) in [5.41, 5.74) is 0. The SMILES string of the molecule is C=CCC(=O)NC(=O)S. The zero-order valence-corrected chi connectivity index (χ0v) is 5.65. The van der Waals surface area contributed by atoms with Crippen LogP contribution in [0.3, 0.4) is 0 Å². The molecule has 0 aliphatic rings. The van der Waals surface area contributed by atoms with Crippen molar-refractivity contribution < 1.29 is 9.59 Å². The fourth-order valence-corrected chi connectivity index (χ4v) is 0.426. The van der Waals surface area contributed by atoms with Crippen LogP contribution < -0.4 is 5.32 Å². The number of carbonyl (C=O) groups excluding carboxylic acids is 2. The molecule has 0 aliphatic carbocycles. The fourth-order valence-electron chi connectivity index (χ4n) is 0.301. The van der Waals surface area contributed by atoms with Gasteiger partial charge in [0.05, 0.1) is 0 Å². The summed E-state index contributed by atoms with van der Waals surface area (Å²) in [7, 11) is 0. The molecule has 0 aromatic heterocycles. The van der Waals surface area contributed by atoms with Crippen LogP contribution in [0.1, 0.15) is 6.42 Å². The van der Waals surface area contributed by atoms with Crippen molar-refractivity contribution in [3.63, 3.8) is 0 Å². The Morgan fingerprint density at radius 3 is 2.56 bits per heavy atom. The van der Waals surface area contributed by atoms with Gasteiger partial charge in [-0.15, -0.1) is 6.58 Å². The minimum Gasteiger partial charge on any atom is -0.287 e. The fraction of sp³-hybridized carbons (Fsp3) is 0.200. The first-order valence-electron chi connectivity index (χ1n) is 2.30. The average Bonchev–Trinajstić information content (AvgIpc) is 1.63. The van der Waals surface area contributed by atoms with Crippen LogP contribution in [-0.4, -0.2) is 11.1 Å². The third-order valence-corrected chi connectivity index (χ3v) is 0.688. The molecule has 0 aromatic rings. The maximum absolute atomic E-state index is 10.4. The van der Waals surface area contributed by atoms with E-state index in [1.165, 1.54) is 6.08 Å². The molecular weight excluding hydrogens is 138 g/mol. The van der Waals surface area contributed by atoms with E-state index in [0.29, 0.717) is 0 Å². The molecule has 0 aliphatic heterocycles. The van der Waals surface area contributed by atoms with Crippen LogP contribution in [0.25, 0.3) is 0 Å². The van der Waals surface area contributed by atoms with Crippen molar-refractivity contribution in [2.45, 2.75) is 6.42 Å². The first-order chi connectivity index (χ1) is 4.16. The first kappa shape index (κ1) is 8.23. The Balaban J connectivity index is 3.50. The number of nitrogens with one attached hydrogen (secondary N) is 1. The van der Waals surface area contributed by atoms with Gasteiger partial charge in [0.15, 0.2) is 0 Å². The number of hydrogen-bond donors (Lipinski definition) is 2. The molecule has 50 valence electrons. The lowest BCUT2D eigenvalue weighted by molar-refractivity contribution is -0.119. The smallest absolute Gasteiger partial charge is 0.282 e. The average molecular weight is 145 g/mol. The van der Waals surface area contributed by atoms with Gasteiger partial charge in [0.25, 0.3) is 5.24 Å². The topological polar surface area (TPSA) is 46.2 Å². The Morgan fingerprint density at radius 1 is 1.67 bits per heavy atom. The summed E-state index contributed by atoms with van der Waals surface area (Å²) < 4.78 is 0. The summed E-state index contributed by atoms with van der Waals surface area (Å²) in [6, 6.07) is 0. The number of thiol groups is 1. The molecule has 0 aromatic carbocycles. The molecule has 0 saturated heterocycles. The van der Waals surface area contributed by atoms with Gasteiger partial charge in [0.1, 0.15) is 0 Å². The van der Waals surface area contributed by atoms with E-state index in [1.54, 1.807) is 0 Å². The van der Waals surface area contributed by atoms with Crippen LogP contribution in [0.2, 0.25) is 0 Å². The Hall–Kier alpha value is -0.770. The highest BCUT2D eigenvalue weighted by Gasteiger charge is 1.98. The highest BCUT2D eigenvalue weighted by Crippen LogP contribution is 1.81. The minimum absolute atomic E-state index is 0.145. The molecule has 0 heterocycles. The molecule has 9 heavy (non-hydrogen) atoms. The molecule has 2 amide bonds. The second kappa shape index (κ2) is 4.14. The summed E-state index contributed by atoms with van der Waals surface area (Å²) in [4.78, 5) is 20.4. The van der Waals surface area contributed by atoms with Crippen molar-refractivity contribution >= 4 is 23.8 Å². The van der Waals surface area contributed by atoms with Crippen LogP contribution in [0, 0.1) is 0 Å². The molecule has 3 nitrogen and oxygen atoms in total. The molecule has 0 bridgehead atoms. The second-order valence-electron chi connectivity index (χ2n) is 1.35. The number of imide groups is 1. The Bertz CT molecular complexity index is 144. The van der Waals surface area contributed by atoms with Crippen molar-refractivity contribution in [3.05, 3.63) is 12.7 Å². The van der Waals surface area contributed by atoms with Crippen LogP contribution in [0.5, 0.6) is 0 Å². The van der Waals surface area contributed by atoms with Gasteiger partial charge in [0.2, 0.25) is 5.91 Å². The molecule has 0 atom stereocenters. The third kappa shape index (κ3) is 5.10. The number of carbonyl (C=O) groups is 2. The largest absolute Gasteiger partial charge is 0.287 e. The zero-order valence-electron chi connectivity index (χ0n) is 4.76. The van der Waals surface area contributed by atoms with Crippen molar-refractivity contribution in [2.24, 2.45) is 0 Å². The zero-order chi connectivity index (χ0) is 7.28. The Kier molecular flexibility index (Phi) is 3.79. The summed E-state index contributed by atoms with van der Waals surface area (Å²) in [5, 5.41) is 1.32. The highest BCUT2D eigenvalue weighted by molar-refractivity contribution is 7.96. The van der Waals surface area contributed by atoms with Gasteiger partial charge in [-0.05, 0) is 0 Å². The molecule has 0 spiro atoms. The minimum atomic E-state index is -0.637. The molecule has 0 saturated carbocycles. The predicted molar refractivity (Wildman–Crippen MR) is 37.3 cm³/mol. The van der Waals surface area contributed by atoms with E-state index in [4.69, 9.17) is 0 Å². The molecule has 4 heteroatoms. The lowest BCUT2D eigenvalue weighted by Crippen LogP contribution is -2.24. The summed E-state index contributed by atoms with van der Waals surface area (Å²) >= 11 is 3.33. The number of hydrogen-bond acceptors (Lipinski definition) is 2. The lowest BCUT2D eigenvalue weighted by atomic mass is 10.4. The maximum atomic E-state index is 10.4. The van der Waals surface area contributed by atoms with E-state index in [-0.39, 0.29) is 12.3 Å². The van der Waals surface area contributed by atoms with Gasteiger partial charge in [-0.1, -0.05) is 18.7 Å². The molecule has 0 fully saturated rings. The quantitative estimate of drug-likeness (QED) is 0.444. The van der Waals surface area contributed by atoms with Gasteiger partial charge in [0, 0.05) is 6.42 Å². The third-order valence-electron chi connectivity index (χ3n) is 0.576. The van der Waals surface area contributed by atoms with Crippen molar-refractivity contribution in [2.75, 3.05) is 0 Å². The van der Waals surface area contributed by atoms with Crippen molar-refractivity contribution in [3.8, 4) is 0 Å². The molecular formula is C5H7NO2S. The summed E-state index contributed by atoms with van der Waals surface area (Å²) in [5.74, 6) is -0.384. The van der Waals surface area contributed by atoms with Gasteiger partial charge in [-0.25, -0.2) is 0 Å². The maximum Gasteiger partial charge on any atom is 0.282 e. The molecule has 0 unspecified atom stereocenters. The van der Waals surface area contributed by atoms with Crippen LogP contribution in [-0.2, 0) is 4.79 Å². The molecule has 0 radical (unpaired) electrons. The van der Waals surface area contributed by atoms with Crippen LogP contribution in [0.15, 0.2) is 12.7 Å². The predicted octanol–water partition coefficient (Wildman–Crippen LogP) is 0.728. The molecule has 1 N–H and O–H groups in total. The van der Waals surface area contributed by atoms with Crippen LogP contribution in [0.4, 0.5) is 4.79 Å². The van der Waals surface area contributed by atoms with E-state index in [0.717, 1.165) is 0 Å². The van der Waals surface area contributed by atoms with Gasteiger partial charge in [-0.2, -0.15) is 0 Å². The second-order valence-corrected chi connectivity index (χ2v) is 1.75. The van der Waals surface area contributed by atoms with E-state index in [1.807, 2.05) is 5.32 Å². The van der Waals surface area contributed by atoms with Crippen molar-refractivity contribution in [1.29, 1.82) is 0 Å². The Morgan fingerprint density at radius 2 is 2.22 bits per heavy atom. The van der Waals surface area contributed by atoms with E-state index < -0.39 is 5.24 Å². The van der Waals surface area contributed by atoms with E-state index >= 15 is 0 Å². The number of rotatable bonds is 2. The van der Waals surface area contributed by atoms with E-state index in [2.05, 4.69) is 19.2 Å². The summed E-state index contributed by atoms with van der Waals surface area (Å²) in [6.07, 6.45) is 1.55. The van der Waals surface area contributed by atoms with Crippen molar-refractivity contribution in [1.82, 2.24) is 5.32 Å². The van der Waals surface area contributed by atoms with Gasteiger partial charge >= 0.3 is 0 Å². The van der Waals surface area contributed by atoms with Gasteiger partial charge < -0.3 is 0 Å². The van der Waals surface area contributed by atoms with Crippen LogP contribution >= 0.6 is 12.6 Å². The normalized spacial score (nSPS) is 8.11. The number of amides is 2. The summed E-state index contributed by atoms with van der Waals surface area (Å²) in [6.45, 7) is 3.31. The lowest BCUT2D eigenvalue weighted by Gasteiger charge is -1.92. The molecule has 0 rings (SSSR count). The standard InChI is InChI=1S/C5H7NO2S/c1-2-3-4(7)6-5(8)9/h2H,1,3H2,(H2,6,7,8,9).